The molecular weight excluding hydrogens is 254 g/mol. The van der Waals surface area contributed by atoms with Gasteiger partial charge >= 0.3 is 0 Å². The largest absolute Gasteiger partial charge is 0.394 e. The van der Waals surface area contributed by atoms with Crippen LogP contribution >= 0.6 is 11.6 Å². The lowest BCUT2D eigenvalue weighted by atomic mass is 10.2. The molecule has 0 aliphatic carbocycles. The molecule has 0 bridgehead atoms. The summed E-state index contributed by atoms with van der Waals surface area (Å²) < 4.78 is 0. The zero-order valence-electron chi connectivity index (χ0n) is 10.7. The third kappa shape index (κ3) is 4.37. The Morgan fingerprint density at radius 3 is 2.78 bits per heavy atom. The fraction of sp³-hybridized carbons (Fsp3) is 0.545. The van der Waals surface area contributed by atoms with Crippen molar-refractivity contribution >= 4 is 29.0 Å². The Morgan fingerprint density at radius 1 is 1.50 bits per heavy atom. The summed E-state index contributed by atoms with van der Waals surface area (Å²) in [6.07, 6.45) is 1.40. The Bertz CT molecular complexity index is 424. The molecular formula is C11H18ClN5O. The number of amides is 1. The van der Waals surface area contributed by atoms with Crippen LogP contribution < -0.4 is 16.4 Å². The predicted octanol–water partition coefficient (Wildman–Crippen LogP) is 1.28. The summed E-state index contributed by atoms with van der Waals surface area (Å²) in [5.74, 6) is 0.653. The second-order valence-corrected chi connectivity index (χ2v) is 4.79. The third-order valence-electron chi connectivity index (χ3n) is 2.22. The van der Waals surface area contributed by atoms with Gasteiger partial charge in [0.1, 0.15) is 6.04 Å². The number of hydrogen-bond donors (Lipinski definition) is 3. The monoisotopic (exact) mass is 271 g/mol. The van der Waals surface area contributed by atoms with Gasteiger partial charge in [0.15, 0.2) is 5.82 Å². The van der Waals surface area contributed by atoms with E-state index in [0.29, 0.717) is 24.0 Å². The van der Waals surface area contributed by atoms with Crippen LogP contribution in [-0.2, 0) is 4.79 Å². The van der Waals surface area contributed by atoms with Crippen molar-refractivity contribution in [3.8, 4) is 0 Å². The van der Waals surface area contributed by atoms with Crippen molar-refractivity contribution in [1.29, 1.82) is 0 Å². The summed E-state index contributed by atoms with van der Waals surface area (Å²) >= 11 is 5.66. The van der Waals surface area contributed by atoms with Crippen molar-refractivity contribution in [3.63, 3.8) is 0 Å². The van der Waals surface area contributed by atoms with Crippen LogP contribution in [0.2, 0.25) is 5.28 Å². The molecule has 0 radical (unpaired) electrons. The minimum Gasteiger partial charge on any atom is -0.394 e. The fourth-order valence-electron chi connectivity index (χ4n) is 1.21. The molecule has 0 spiro atoms. The van der Waals surface area contributed by atoms with E-state index in [4.69, 9.17) is 17.3 Å². The fourth-order valence-corrected chi connectivity index (χ4v) is 1.35. The molecule has 18 heavy (non-hydrogen) atoms. The first kappa shape index (κ1) is 14.5. The van der Waals surface area contributed by atoms with Crippen molar-refractivity contribution in [2.45, 2.75) is 26.8 Å². The highest BCUT2D eigenvalue weighted by atomic mass is 35.5. The van der Waals surface area contributed by atoms with Crippen LogP contribution in [0.15, 0.2) is 6.20 Å². The summed E-state index contributed by atoms with van der Waals surface area (Å²) in [6, 6.07) is -0.447. The topological polar surface area (TPSA) is 92.9 Å². The lowest BCUT2D eigenvalue weighted by Crippen LogP contribution is -2.39. The lowest BCUT2D eigenvalue weighted by molar-refractivity contribution is -0.121. The smallest absolute Gasteiger partial charge is 0.242 e. The van der Waals surface area contributed by atoms with Crippen LogP contribution in [0.1, 0.15) is 20.8 Å². The van der Waals surface area contributed by atoms with Crippen LogP contribution in [0.25, 0.3) is 0 Å². The normalized spacial score (nSPS) is 12.3. The highest BCUT2D eigenvalue weighted by Gasteiger charge is 2.14. The van der Waals surface area contributed by atoms with E-state index >= 15 is 0 Å². The summed E-state index contributed by atoms with van der Waals surface area (Å²) in [6.45, 7) is 6.41. The van der Waals surface area contributed by atoms with E-state index in [2.05, 4.69) is 20.6 Å². The molecule has 1 unspecified atom stereocenters. The lowest BCUT2D eigenvalue weighted by Gasteiger charge is -2.16. The Labute approximate surface area is 111 Å². The number of nitrogens with zero attached hydrogens (tertiary/aromatic N) is 2. The van der Waals surface area contributed by atoms with Gasteiger partial charge in [-0.1, -0.05) is 13.8 Å². The average molecular weight is 272 g/mol. The second-order valence-electron chi connectivity index (χ2n) is 4.45. The molecule has 1 atom stereocenters. The number of nitrogen functional groups attached to an aromatic ring is 1. The van der Waals surface area contributed by atoms with Crippen molar-refractivity contribution in [3.05, 3.63) is 11.5 Å². The molecule has 100 valence electrons. The first-order chi connectivity index (χ1) is 8.40. The summed E-state index contributed by atoms with van der Waals surface area (Å²) in [5.41, 5.74) is 6.03. The molecule has 4 N–H and O–H groups in total. The molecule has 1 aromatic heterocycles. The van der Waals surface area contributed by atoms with E-state index in [1.165, 1.54) is 6.20 Å². The molecule has 1 rings (SSSR count). The number of anilines is 2. The average Bonchev–Trinajstić information content (AvgIpc) is 2.30. The van der Waals surface area contributed by atoms with Crippen molar-refractivity contribution < 1.29 is 4.79 Å². The number of halogens is 1. The van der Waals surface area contributed by atoms with Crippen LogP contribution in [-0.4, -0.2) is 28.5 Å². The van der Waals surface area contributed by atoms with E-state index in [-0.39, 0.29) is 11.2 Å². The first-order valence-electron chi connectivity index (χ1n) is 5.72. The highest BCUT2D eigenvalue weighted by Crippen LogP contribution is 2.16. The predicted molar refractivity (Wildman–Crippen MR) is 72.4 cm³/mol. The highest BCUT2D eigenvalue weighted by molar-refractivity contribution is 6.28. The number of carbonyl (C=O) groups excluding carboxylic acids is 1. The number of rotatable bonds is 5. The van der Waals surface area contributed by atoms with E-state index in [9.17, 15) is 4.79 Å². The molecule has 0 saturated heterocycles. The number of carbonyl (C=O) groups is 1. The minimum atomic E-state index is -0.447. The summed E-state index contributed by atoms with van der Waals surface area (Å²) in [7, 11) is 0. The molecule has 0 aromatic carbocycles. The third-order valence-corrected chi connectivity index (χ3v) is 2.40. The Balaban J connectivity index is 2.60. The van der Waals surface area contributed by atoms with Crippen molar-refractivity contribution in [1.82, 2.24) is 15.3 Å². The second kappa shape index (κ2) is 6.39. The molecule has 1 amide bonds. The number of aromatic nitrogens is 2. The molecule has 1 aromatic rings. The molecule has 0 aliphatic heterocycles. The van der Waals surface area contributed by atoms with Gasteiger partial charge in [-0.15, -0.1) is 0 Å². The van der Waals surface area contributed by atoms with Gasteiger partial charge in [0.05, 0.1) is 11.9 Å². The number of nitrogens with one attached hydrogen (secondary N) is 2. The van der Waals surface area contributed by atoms with Gasteiger partial charge in [-0.2, -0.15) is 4.98 Å². The Kier molecular flexibility index (Phi) is 5.15. The molecule has 6 nitrogen and oxygen atoms in total. The minimum absolute atomic E-state index is 0.0847. The maximum Gasteiger partial charge on any atom is 0.242 e. The summed E-state index contributed by atoms with van der Waals surface area (Å²) in [4.78, 5) is 19.4. The quantitative estimate of drug-likeness (QED) is 0.702. The van der Waals surface area contributed by atoms with Crippen molar-refractivity contribution in [2.24, 2.45) is 5.92 Å². The van der Waals surface area contributed by atoms with Gasteiger partial charge in [0.2, 0.25) is 11.2 Å². The SMILES string of the molecule is CC(C)CNC(=O)C(C)Nc1nc(Cl)ncc1N. The molecule has 0 fully saturated rings. The van der Waals surface area contributed by atoms with Gasteiger partial charge in [-0.05, 0) is 24.4 Å². The molecule has 1 heterocycles. The molecule has 7 heteroatoms. The standard InChI is InChI=1S/C11H18ClN5O/c1-6(2)4-14-10(18)7(3)16-9-8(13)5-15-11(12)17-9/h5-7H,4,13H2,1-3H3,(H,14,18)(H,15,16,17). The van der Waals surface area contributed by atoms with Crippen LogP contribution in [0.5, 0.6) is 0 Å². The zero-order valence-corrected chi connectivity index (χ0v) is 11.5. The first-order valence-corrected chi connectivity index (χ1v) is 6.10. The van der Waals surface area contributed by atoms with Gasteiger partial charge in [0.25, 0.3) is 0 Å². The van der Waals surface area contributed by atoms with E-state index in [1.54, 1.807) is 6.92 Å². The maximum absolute atomic E-state index is 11.8. The van der Waals surface area contributed by atoms with E-state index in [1.807, 2.05) is 13.8 Å². The van der Waals surface area contributed by atoms with E-state index < -0.39 is 6.04 Å². The summed E-state index contributed by atoms with van der Waals surface area (Å²) in [5, 5.41) is 5.80. The van der Waals surface area contributed by atoms with Gasteiger partial charge < -0.3 is 16.4 Å². The molecule has 0 saturated carbocycles. The van der Waals surface area contributed by atoms with Crippen LogP contribution in [0.3, 0.4) is 0 Å². The maximum atomic E-state index is 11.8. The van der Waals surface area contributed by atoms with Crippen LogP contribution in [0, 0.1) is 5.92 Å². The van der Waals surface area contributed by atoms with Crippen LogP contribution in [0.4, 0.5) is 11.5 Å². The van der Waals surface area contributed by atoms with Crippen molar-refractivity contribution in [2.75, 3.05) is 17.6 Å². The molecule has 0 aliphatic rings. The number of nitrogens with two attached hydrogens (primary N) is 1. The zero-order chi connectivity index (χ0) is 13.7. The van der Waals surface area contributed by atoms with Gasteiger partial charge in [0, 0.05) is 6.54 Å². The van der Waals surface area contributed by atoms with Gasteiger partial charge in [-0.25, -0.2) is 4.98 Å². The van der Waals surface area contributed by atoms with Gasteiger partial charge in [-0.3, -0.25) is 4.79 Å². The Morgan fingerprint density at radius 2 is 2.17 bits per heavy atom. The van der Waals surface area contributed by atoms with E-state index in [0.717, 1.165) is 0 Å². The Hall–Kier alpha value is -1.56. The number of hydrogen-bond acceptors (Lipinski definition) is 5.